The molecule has 0 bridgehead atoms. The highest BCUT2D eigenvalue weighted by Gasteiger charge is 2.41. The van der Waals surface area contributed by atoms with Crippen LogP contribution < -0.4 is 11.1 Å². The quantitative estimate of drug-likeness (QED) is 0.763. The van der Waals surface area contributed by atoms with Crippen LogP contribution in [0.2, 0.25) is 0 Å². The van der Waals surface area contributed by atoms with Gasteiger partial charge in [0.1, 0.15) is 12.1 Å². The third-order valence-corrected chi connectivity index (χ3v) is 3.83. The SMILES string of the molecule is NC1(C(=O)O)CCC(CNC(=O)OCc2ccccc2)C1. The zero-order valence-electron chi connectivity index (χ0n) is 11.7. The molecule has 1 amide bonds. The molecule has 2 atom stereocenters. The summed E-state index contributed by atoms with van der Waals surface area (Å²) >= 11 is 0. The standard InChI is InChI=1S/C15H20N2O4/c16-15(13(18)19)7-6-12(8-15)9-17-14(20)21-10-11-4-2-1-3-5-11/h1-5,12H,6-10,16H2,(H,17,20)(H,18,19). The number of amides is 1. The molecule has 1 saturated carbocycles. The number of ether oxygens (including phenoxy) is 1. The number of carboxylic acid groups (broad SMARTS) is 1. The van der Waals surface area contributed by atoms with Gasteiger partial charge in [-0.1, -0.05) is 30.3 Å². The van der Waals surface area contributed by atoms with Gasteiger partial charge in [-0.2, -0.15) is 0 Å². The van der Waals surface area contributed by atoms with E-state index in [0.717, 1.165) is 5.56 Å². The Morgan fingerprint density at radius 3 is 2.71 bits per heavy atom. The van der Waals surface area contributed by atoms with Crippen molar-refractivity contribution >= 4 is 12.1 Å². The van der Waals surface area contributed by atoms with E-state index in [2.05, 4.69) is 5.32 Å². The maximum Gasteiger partial charge on any atom is 0.407 e. The molecule has 114 valence electrons. The van der Waals surface area contributed by atoms with Crippen molar-refractivity contribution in [1.82, 2.24) is 5.32 Å². The summed E-state index contributed by atoms with van der Waals surface area (Å²) in [4.78, 5) is 22.6. The first kappa shape index (κ1) is 15.3. The van der Waals surface area contributed by atoms with Gasteiger partial charge < -0.3 is 20.9 Å². The molecular formula is C15H20N2O4. The third kappa shape index (κ3) is 4.19. The number of hydrogen-bond donors (Lipinski definition) is 3. The minimum Gasteiger partial charge on any atom is -0.480 e. The highest BCUT2D eigenvalue weighted by molar-refractivity contribution is 5.78. The molecule has 4 N–H and O–H groups in total. The number of carbonyl (C=O) groups excluding carboxylic acids is 1. The Morgan fingerprint density at radius 1 is 1.38 bits per heavy atom. The molecule has 1 aromatic rings. The Hall–Kier alpha value is -2.08. The van der Waals surface area contributed by atoms with Gasteiger partial charge in [0.05, 0.1) is 0 Å². The molecular weight excluding hydrogens is 272 g/mol. The van der Waals surface area contributed by atoms with E-state index >= 15 is 0 Å². The lowest BCUT2D eigenvalue weighted by Gasteiger charge is -2.18. The molecule has 0 aliphatic heterocycles. The Labute approximate surface area is 123 Å². The molecule has 1 fully saturated rings. The summed E-state index contributed by atoms with van der Waals surface area (Å²) in [6.07, 6.45) is 1.01. The van der Waals surface area contributed by atoms with Gasteiger partial charge in [0.2, 0.25) is 0 Å². The van der Waals surface area contributed by atoms with Crippen LogP contribution in [-0.2, 0) is 16.1 Å². The van der Waals surface area contributed by atoms with Crippen LogP contribution in [0.1, 0.15) is 24.8 Å². The topological polar surface area (TPSA) is 102 Å². The smallest absolute Gasteiger partial charge is 0.407 e. The fourth-order valence-corrected chi connectivity index (χ4v) is 2.55. The van der Waals surface area contributed by atoms with E-state index in [-0.39, 0.29) is 12.5 Å². The van der Waals surface area contributed by atoms with Crippen LogP contribution in [0.25, 0.3) is 0 Å². The number of hydrogen-bond acceptors (Lipinski definition) is 4. The van der Waals surface area contributed by atoms with Crippen molar-refractivity contribution in [3.8, 4) is 0 Å². The summed E-state index contributed by atoms with van der Waals surface area (Å²) in [6, 6.07) is 9.40. The largest absolute Gasteiger partial charge is 0.480 e. The summed E-state index contributed by atoms with van der Waals surface area (Å²) in [5, 5.41) is 11.7. The average Bonchev–Trinajstić information content (AvgIpc) is 2.87. The summed E-state index contributed by atoms with van der Waals surface area (Å²) in [7, 11) is 0. The summed E-state index contributed by atoms with van der Waals surface area (Å²) in [5.74, 6) is -0.896. The minimum absolute atomic E-state index is 0.0791. The molecule has 1 aromatic carbocycles. The molecule has 0 spiro atoms. The van der Waals surface area contributed by atoms with E-state index in [9.17, 15) is 9.59 Å². The predicted octanol–water partition coefficient (Wildman–Crippen LogP) is 1.49. The van der Waals surface area contributed by atoms with Crippen molar-refractivity contribution in [3.63, 3.8) is 0 Å². The van der Waals surface area contributed by atoms with Gasteiger partial charge in [0.15, 0.2) is 0 Å². The molecule has 0 heterocycles. The van der Waals surface area contributed by atoms with E-state index in [1.807, 2.05) is 30.3 Å². The van der Waals surface area contributed by atoms with E-state index in [1.54, 1.807) is 0 Å². The lowest BCUT2D eigenvalue weighted by atomic mass is 9.98. The molecule has 1 aliphatic carbocycles. The number of carbonyl (C=O) groups is 2. The highest BCUT2D eigenvalue weighted by atomic mass is 16.5. The van der Waals surface area contributed by atoms with Gasteiger partial charge in [-0.3, -0.25) is 4.79 Å². The van der Waals surface area contributed by atoms with Gasteiger partial charge in [0.25, 0.3) is 0 Å². The zero-order valence-corrected chi connectivity index (χ0v) is 11.7. The molecule has 6 nitrogen and oxygen atoms in total. The molecule has 2 rings (SSSR count). The Kier molecular flexibility index (Phi) is 4.80. The number of rotatable bonds is 5. The minimum atomic E-state index is -1.15. The van der Waals surface area contributed by atoms with Gasteiger partial charge in [-0.05, 0) is 30.7 Å². The number of nitrogens with two attached hydrogens (primary N) is 1. The Bertz CT molecular complexity index is 506. The molecule has 2 unspecified atom stereocenters. The summed E-state index contributed by atoms with van der Waals surface area (Å²) in [5.41, 5.74) is 5.55. The van der Waals surface area contributed by atoms with E-state index in [1.165, 1.54) is 0 Å². The predicted molar refractivity (Wildman–Crippen MR) is 76.5 cm³/mol. The average molecular weight is 292 g/mol. The number of alkyl carbamates (subject to hydrolysis) is 1. The second-order valence-corrected chi connectivity index (χ2v) is 5.51. The number of nitrogens with one attached hydrogen (secondary N) is 1. The first-order valence-corrected chi connectivity index (χ1v) is 6.96. The van der Waals surface area contributed by atoms with Crippen molar-refractivity contribution in [2.45, 2.75) is 31.4 Å². The third-order valence-electron chi connectivity index (χ3n) is 3.83. The van der Waals surface area contributed by atoms with Gasteiger partial charge in [0, 0.05) is 6.54 Å². The molecule has 0 radical (unpaired) electrons. The fourth-order valence-electron chi connectivity index (χ4n) is 2.55. The fraction of sp³-hybridized carbons (Fsp3) is 0.467. The molecule has 0 saturated heterocycles. The van der Waals surface area contributed by atoms with Crippen LogP contribution in [0.5, 0.6) is 0 Å². The second-order valence-electron chi connectivity index (χ2n) is 5.51. The summed E-state index contributed by atoms with van der Waals surface area (Å²) in [6.45, 7) is 0.604. The van der Waals surface area contributed by atoms with E-state index < -0.39 is 17.6 Å². The first-order chi connectivity index (χ1) is 9.99. The maximum atomic E-state index is 11.6. The van der Waals surface area contributed by atoms with Gasteiger partial charge in [-0.15, -0.1) is 0 Å². The van der Waals surface area contributed by atoms with E-state index in [0.29, 0.717) is 25.8 Å². The number of aliphatic carboxylic acids is 1. The van der Waals surface area contributed by atoms with Crippen LogP contribution in [0.15, 0.2) is 30.3 Å². The Balaban J connectivity index is 1.69. The molecule has 0 aromatic heterocycles. The normalized spacial score (nSPS) is 24.5. The molecule has 1 aliphatic rings. The first-order valence-electron chi connectivity index (χ1n) is 6.96. The lowest BCUT2D eigenvalue weighted by molar-refractivity contribution is -0.143. The number of benzene rings is 1. The van der Waals surface area contributed by atoms with Crippen molar-refractivity contribution < 1.29 is 19.4 Å². The monoisotopic (exact) mass is 292 g/mol. The lowest BCUT2D eigenvalue weighted by Crippen LogP contribution is -2.45. The van der Waals surface area contributed by atoms with Crippen LogP contribution in [0.4, 0.5) is 4.79 Å². The van der Waals surface area contributed by atoms with Crippen molar-refractivity contribution in [3.05, 3.63) is 35.9 Å². The Morgan fingerprint density at radius 2 is 2.10 bits per heavy atom. The van der Waals surface area contributed by atoms with Crippen molar-refractivity contribution in [2.75, 3.05) is 6.54 Å². The molecule has 6 heteroatoms. The van der Waals surface area contributed by atoms with Crippen molar-refractivity contribution in [2.24, 2.45) is 11.7 Å². The zero-order chi connectivity index (χ0) is 15.3. The van der Waals surface area contributed by atoms with Crippen LogP contribution in [0, 0.1) is 5.92 Å². The van der Waals surface area contributed by atoms with Gasteiger partial charge in [-0.25, -0.2) is 4.79 Å². The van der Waals surface area contributed by atoms with Crippen LogP contribution in [0.3, 0.4) is 0 Å². The van der Waals surface area contributed by atoms with Crippen LogP contribution >= 0.6 is 0 Å². The van der Waals surface area contributed by atoms with E-state index in [4.69, 9.17) is 15.6 Å². The van der Waals surface area contributed by atoms with Crippen LogP contribution in [-0.4, -0.2) is 29.3 Å². The highest BCUT2D eigenvalue weighted by Crippen LogP contribution is 2.32. The van der Waals surface area contributed by atoms with Crippen molar-refractivity contribution in [1.29, 1.82) is 0 Å². The van der Waals surface area contributed by atoms with Gasteiger partial charge >= 0.3 is 12.1 Å². The maximum absolute atomic E-state index is 11.6. The second kappa shape index (κ2) is 6.58. The number of carboxylic acids is 1. The summed E-state index contributed by atoms with van der Waals surface area (Å²) < 4.78 is 5.09. The molecule has 21 heavy (non-hydrogen) atoms.